The maximum Gasteiger partial charge on any atom is 0.349 e. The van der Waals surface area contributed by atoms with Gasteiger partial charge in [-0.25, -0.2) is 4.79 Å². The number of carbonyl (C=O) groups is 1. The average molecular weight is 344 g/mol. The largest absolute Gasteiger partial charge is 0.497 e. The minimum Gasteiger partial charge on any atom is -0.497 e. The van der Waals surface area contributed by atoms with Gasteiger partial charge in [0.2, 0.25) is 0 Å². The van der Waals surface area contributed by atoms with Crippen LogP contribution in [0.2, 0.25) is 5.02 Å². The molecule has 24 heavy (non-hydrogen) atoms. The second-order valence-electron chi connectivity index (χ2n) is 5.16. The fraction of sp³-hybridized carbons (Fsp3) is 0.111. The van der Waals surface area contributed by atoms with Gasteiger partial charge in [0.05, 0.1) is 7.11 Å². The molecular formula is C18H14ClNO4. The van der Waals surface area contributed by atoms with Crippen LogP contribution in [0, 0.1) is 0 Å². The molecule has 0 unspecified atom stereocenters. The number of fused-ring (bicyclic) bond motifs is 1. The Labute approximate surface area is 142 Å². The molecule has 0 aliphatic heterocycles. The number of halogens is 1. The molecule has 122 valence electrons. The maximum absolute atomic E-state index is 12.3. The van der Waals surface area contributed by atoms with Gasteiger partial charge in [-0.15, -0.1) is 0 Å². The number of rotatable bonds is 4. The van der Waals surface area contributed by atoms with Crippen molar-refractivity contribution in [2.24, 2.45) is 0 Å². The summed E-state index contributed by atoms with van der Waals surface area (Å²) in [4.78, 5) is 24.3. The van der Waals surface area contributed by atoms with Crippen molar-refractivity contribution in [2.75, 3.05) is 7.11 Å². The van der Waals surface area contributed by atoms with Gasteiger partial charge in [0.25, 0.3) is 5.91 Å². The Kier molecular flexibility index (Phi) is 4.53. The van der Waals surface area contributed by atoms with Gasteiger partial charge >= 0.3 is 5.63 Å². The van der Waals surface area contributed by atoms with E-state index in [1.807, 2.05) is 0 Å². The van der Waals surface area contributed by atoms with Crippen LogP contribution in [-0.2, 0) is 6.54 Å². The highest BCUT2D eigenvalue weighted by Crippen LogP contribution is 2.20. The van der Waals surface area contributed by atoms with E-state index in [-0.39, 0.29) is 12.1 Å². The predicted molar refractivity (Wildman–Crippen MR) is 91.7 cm³/mol. The number of methoxy groups -OCH3 is 1. The Morgan fingerprint density at radius 3 is 2.62 bits per heavy atom. The van der Waals surface area contributed by atoms with Crippen molar-refractivity contribution < 1.29 is 13.9 Å². The third-order valence-electron chi connectivity index (χ3n) is 3.55. The lowest BCUT2D eigenvalue weighted by atomic mass is 10.1. The van der Waals surface area contributed by atoms with E-state index in [0.717, 1.165) is 5.56 Å². The minimum absolute atomic E-state index is 0.0402. The van der Waals surface area contributed by atoms with Crippen molar-refractivity contribution >= 4 is 28.5 Å². The Morgan fingerprint density at radius 1 is 1.17 bits per heavy atom. The van der Waals surface area contributed by atoms with Crippen molar-refractivity contribution in [3.8, 4) is 5.75 Å². The van der Waals surface area contributed by atoms with Crippen LogP contribution in [-0.4, -0.2) is 13.0 Å². The number of ether oxygens (including phenoxy) is 1. The van der Waals surface area contributed by atoms with Gasteiger partial charge in [0, 0.05) is 23.0 Å². The first-order valence-corrected chi connectivity index (χ1v) is 7.59. The van der Waals surface area contributed by atoms with Crippen LogP contribution in [0.4, 0.5) is 0 Å². The van der Waals surface area contributed by atoms with Crippen LogP contribution in [0.25, 0.3) is 11.0 Å². The lowest BCUT2D eigenvalue weighted by Crippen LogP contribution is -2.27. The second-order valence-corrected chi connectivity index (χ2v) is 5.60. The van der Waals surface area contributed by atoms with Crippen LogP contribution in [0.5, 0.6) is 5.75 Å². The van der Waals surface area contributed by atoms with E-state index in [1.54, 1.807) is 42.5 Å². The van der Waals surface area contributed by atoms with Gasteiger partial charge in [-0.2, -0.15) is 0 Å². The standard InChI is InChI=1S/C18H14ClNO4/c1-23-14-7-4-12-8-15(18(22)24-16(12)9-14)17(21)20-10-11-2-5-13(19)6-3-11/h2-9H,10H2,1H3,(H,20,21). The first-order valence-electron chi connectivity index (χ1n) is 7.21. The van der Waals surface area contributed by atoms with Crippen molar-refractivity contribution in [2.45, 2.75) is 6.54 Å². The van der Waals surface area contributed by atoms with Crippen LogP contribution in [0.1, 0.15) is 15.9 Å². The smallest absolute Gasteiger partial charge is 0.349 e. The molecule has 6 heteroatoms. The van der Waals surface area contributed by atoms with Crippen molar-refractivity contribution in [3.05, 3.63) is 75.1 Å². The zero-order chi connectivity index (χ0) is 17.1. The third kappa shape index (κ3) is 3.41. The van der Waals surface area contributed by atoms with Crippen LogP contribution >= 0.6 is 11.6 Å². The first-order chi connectivity index (χ1) is 11.6. The molecule has 0 aliphatic rings. The van der Waals surface area contributed by atoms with Crippen LogP contribution < -0.4 is 15.7 Å². The topological polar surface area (TPSA) is 68.5 Å². The molecule has 1 aromatic heterocycles. The Bertz CT molecular complexity index is 947. The highest BCUT2D eigenvalue weighted by atomic mass is 35.5. The average Bonchev–Trinajstić information content (AvgIpc) is 2.59. The second kappa shape index (κ2) is 6.76. The van der Waals surface area contributed by atoms with Crippen LogP contribution in [0.15, 0.2) is 57.7 Å². The van der Waals surface area contributed by atoms with Gasteiger partial charge in [0.15, 0.2) is 0 Å². The Morgan fingerprint density at radius 2 is 1.92 bits per heavy atom. The molecule has 1 N–H and O–H groups in total. The summed E-state index contributed by atoms with van der Waals surface area (Å²) in [5.74, 6) is 0.0852. The summed E-state index contributed by atoms with van der Waals surface area (Å²) >= 11 is 5.82. The maximum atomic E-state index is 12.3. The summed E-state index contributed by atoms with van der Waals surface area (Å²) < 4.78 is 10.3. The van der Waals surface area contributed by atoms with Crippen molar-refractivity contribution in [1.82, 2.24) is 5.32 Å². The van der Waals surface area contributed by atoms with Crippen molar-refractivity contribution in [3.63, 3.8) is 0 Å². The quantitative estimate of drug-likeness (QED) is 0.737. The molecule has 0 aliphatic carbocycles. The van der Waals surface area contributed by atoms with Gasteiger partial charge < -0.3 is 14.5 Å². The highest BCUT2D eigenvalue weighted by molar-refractivity contribution is 6.30. The number of nitrogens with one attached hydrogen (secondary N) is 1. The molecule has 0 bridgehead atoms. The number of carbonyl (C=O) groups excluding carboxylic acids is 1. The van der Waals surface area contributed by atoms with E-state index in [2.05, 4.69) is 5.32 Å². The van der Waals surface area contributed by atoms with E-state index in [9.17, 15) is 9.59 Å². The first kappa shape index (κ1) is 16.1. The minimum atomic E-state index is -0.690. The lowest BCUT2D eigenvalue weighted by Gasteiger charge is -2.06. The summed E-state index contributed by atoms with van der Waals surface area (Å²) in [5, 5.41) is 3.96. The number of amides is 1. The van der Waals surface area contributed by atoms with Gasteiger partial charge in [-0.3, -0.25) is 4.79 Å². The molecule has 0 fully saturated rings. The number of hydrogen-bond acceptors (Lipinski definition) is 4. The van der Waals surface area contributed by atoms with E-state index in [4.69, 9.17) is 20.8 Å². The molecule has 0 spiro atoms. The van der Waals surface area contributed by atoms with E-state index >= 15 is 0 Å². The Balaban J connectivity index is 1.82. The molecule has 2 aromatic carbocycles. The summed E-state index contributed by atoms with van der Waals surface area (Å²) in [7, 11) is 1.53. The molecular weight excluding hydrogens is 330 g/mol. The van der Waals surface area contributed by atoms with Crippen molar-refractivity contribution in [1.29, 1.82) is 0 Å². The summed E-state index contributed by atoms with van der Waals surface area (Å²) in [6.45, 7) is 0.288. The van der Waals surface area contributed by atoms with Gasteiger partial charge in [-0.05, 0) is 35.9 Å². The molecule has 3 aromatic rings. The SMILES string of the molecule is COc1ccc2cc(C(=O)NCc3ccc(Cl)cc3)c(=O)oc2c1. The predicted octanol–water partition coefficient (Wildman–Crippen LogP) is 3.39. The zero-order valence-electron chi connectivity index (χ0n) is 12.8. The molecule has 0 saturated carbocycles. The zero-order valence-corrected chi connectivity index (χ0v) is 13.6. The van der Waals surface area contributed by atoms with Gasteiger partial charge in [-0.1, -0.05) is 23.7 Å². The molecule has 5 nitrogen and oxygen atoms in total. The lowest BCUT2D eigenvalue weighted by molar-refractivity contribution is 0.0947. The third-order valence-corrected chi connectivity index (χ3v) is 3.81. The number of hydrogen-bond donors (Lipinski definition) is 1. The highest BCUT2D eigenvalue weighted by Gasteiger charge is 2.14. The summed E-state index contributed by atoms with van der Waals surface area (Å²) in [6, 6.07) is 13.7. The van der Waals surface area contributed by atoms with E-state index in [1.165, 1.54) is 13.2 Å². The van der Waals surface area contributed by atoms with E-state index in [0.29, 0.717) is 21.7 Å². The molecule has 1 heterocycles. The summed E-state index contributed by atoms with van der Waals surface area (Å²) in [6.07, 6.45) is 0. The monoisotopic (exact) mass is 343 g/mol. The summed E-state index contributed by atoms with van der Waals surface area (Å²) in [5.41, 5.74) is 0.516. The Hall–Kier alpha value is -2.79. The molecule has 3 rings (SSSR count). The van der Waals surface area contributed by atoms with E-state index < -0.39 is 11.5 Å². The molecule has 0 radical (unpaired) electrons. The fourth-order valence-electron chi connectivity index (χ4n) is 2.26. The van der Waals surface area contributed by atoms with Crippen LogP contribution in [0.3, 0.4) is 0 Å². The van der Waals surface area contributed by atoms with Gasteiger partial charge in [0.1, 0.15) is 16.9 Å². The molecule has 0 atom stereocenters. The fourth-order valence-corrected chi connectivity index (χ4v) is 2.38. The molecule has 1 amide bonds. The molecule has 0 saturated heterocycles. The number of benzene rings is 2. The normalized spacial score (nSPS) is 10.6.